The van der Waals surface area contributed by atoms with Crippen LogP contribution in [0, 0.1) is 11.7 Å². The Hall–Kier alpha value is -2.69. The third kappa shape index (κ3) is 4.97. The molecule has 4 nitrogen and oxygen atoms in total. The van der Waals surface area contributed by atoms with Crippen LogP contribution in [0.3, 0.4) is 0 Å². The number of hydrogen-bond acceptors (Lipinski definition) is 2. The minimum Gasteiger partial charge on any atom is -0.342 e. The molecule has 1 heterocycles. The number of hydrogen-bond donors (Lipinski definition) is 1. The van der Waals surface area contributed by atoms with Gasteiger partial charge in [0.15, 0.2) is 0 Å². The van der Waals surface area contributed by atoms with Crippen LogP contribution in [0.15, 0.2) is 48.5 Å². The number of carbonyl (C=O) groups is 2. The lowest BCUT2D eigenvalue weighted by Gasteiger charge is -2.17. The van der Waals surface area contributed by atoms with Crippen molar-refractivity contribution in [2.75, 3.05) is 18.4 Å². The lowest BCUT2D eigenvalue weighted by atomic mass is 9.98. The number of nitrogens with one attached hydrogen (secondary N) is 1. The lowest BCUT2D eigenvalue weighted by molar-refractivity contribution is -0.128. The molecule has 1 saturated heterocycles. The Morgan fingerprint density at radius 3 is 2.50 bits per heavy atom. The van der Waals surface area contributed by atoms with Crippen LogP contribution < -0.4 is 5.32 Å². The number of likely N-dealkylation sites (tertiary alicyclic amines) is 1. The summed E-state index contributed by atoms with van der Waals surface area (Å²) in [6, 6.07) is 14.2. The molecule has 0 aliphatic carbocycles. The van der Waals surface area contributed by atoms with Gasteiger partial charge in [0.05, 0.1) is 5.92 Å². The van der Waals surface area contributed by atoms with Crippen molar-refractivity contribution in [1.82, 2.24) is 4.90 Å². The van der Waals surface area contributed by atoms with Crippen molar-refractivity contribution in [2.24, 2.45) is 5.92 Å². The van der Waals surface area contributed by atoms with E-state index >= 15 is 0 Å². The maximum atomic E-state index is 13.0. The largest absolute Gasteiger partial charge is 0.342 e. The fourth-order valence-corrected chi connectivity index (χ4v) is 3.45. The Labute approximate surface area is 165 Å². The Morgan fingerprint density at radius 2 is 1.86 bits per heavy atom. The standard InChI is InChI=1S/C23H27FN2O2/c1-3-16(2)18-6-10-21(11-7-18)25-23(28)19-14-22(27)26(15-19)13-12-17-4-8-20(24)9-5-17/h4-11,16,19H,3,12-15H2,1-2H3,(H,25,28)/t16-,19+/m1/s1. The smallest absolute Gasteiger partial charge is 0.229 e. The molecule has 2 aromatic rings. The van der Waals surface area contributed by atoms with Gasteiger partial charge in [-0.05, 0) is 54.2 Å². The van der Waals surface area contributed by atoms with Crippen LogP contribution in [0.1, 0.15) is 43.7 Å². The first-order valence-corrected chi connectivity index (χ1v) is 9.89. The Morgan fingerprint density at radius 1 is 1.18 bits per heavy atom. The number of amides is 2. The Kier molecular flexibility index (Phi) is 6.45. The summed E-state index contributed by atoms with van der Waals surface area (Å²) < 4.78 is 13.0. The summed E-state index contributed by atoms with van der Waals surface area (Å²) in [6.45, 7) is 5.30. The van der Waals surface area contributed by atoms with Gasteiger partial charge in [0.1, 0.15) is 5.82 Å². The second kappa shape index (κ2) is 9.00. The van der Waals surface area contributed by atoms with Crippen molar-refractivity contribution >= 4 is 17.5 Å². The zero-order valence-electron chi connectivity index (χ0n) is 16.5. The van der Waals surface area contributed by atoms with Crippen LogP contribution in [-0.2, 0) is 16.0 Å². The van der Waals surface area contributed by atoms with Crippen molar-refractivity contribution in [2.45, 2.75) is 39.0 Å². The molecule has 3 rings (SSSR count). The van der Waals surface area contributed by atoms with Gasteiger partial charge in [-0.3, -0.25) is 9.59 Å². The molecule has 148 valence electrons. The summed E-state index contributed by atoms with van der Waals surface area (Å²) in [5.74, 6) is -0.236. The van der Waals surface area contributed by atoms with E-state index in [1.807, 2.05) is 24.3 Å². The van der Waals surface area contributed by atoms with E-state index in [1.165, 1.54) is 17.7 Å². The second-order valence-electron chi connectivity index (χ2n) is 7.54. The first-order chi connectivity index (χ1) is 13.5. The Balaban J connectivity index is 1.52. The van der Waals surface area contributed by atoms with Gasteiger partial charge in [-0.15, -0.1) is 0 Å². The number of benzene rings is 2. The van der Waals surface area contributed by atoms with Crippen LogP contribution in [-0.4, -0.2) is 29.8 Å². The lowest BCUT2D eigenvalue weighted by Crippen LogP contribution is -2.30. The number of anilines is 1. The van der Waals surface area contributed by atoms with Gasteiger partial charge in [-0.25, -0.2) is 4.39 Å². The maximum absolute atomic E-state index is 13.0. The van der Waals surface area contributed by atoms with Gasteiger partial charge in [0, 0.05) is 25.2 Å². The topological polar surface area (TPSA) is 49.4 Å². The molecular formula is C23H27FN2O2. The second-order valence-corrected chi connectivity index (χ2v) is 7.54. The molecule has 5 heteroatoms. The zero-order chi connectivity index (χ0) is 20.1. The van der Waals surface area contributed by atoms with Crippen molar-refractivity contribution in [3.8, 4) is 0 Å². The highest BCUT2D eigenvalue weighted by Gasteiger charge is 2.34. The summed E-state index contributed by atoms with van der Waals surface area (Å²) >= 11 is 0. The van der Waals surface area contributed by atoms with Gasteiger partial charge in [-0.2, -0.15) is 0 Å². The average Bonchev–Trinajstić information content (AvgIpc) is 3.08. The predicted molar refractivity (Wildman–Crippen MR) is 109 cm³/mol. The molecule has 0 aromatic heterocycles. The minimum absolute atomic E-state index is 0.00520. The molecule has 0 radical (unpaired) electrons. The van der Waals surface area contributed by atoms with Crippen LogP contribution in [0.2, 0.25) is 0 Å². The maximum Gasteiger partial charge on any atom is 0.229 e. The van der Waals surface area contributed by atoms with Crippen LogP contribution in [0.4, 0.5) is 10.1 Å². The molecule has 2 amide bonds. The average molecular weight is 382 g/mol. The van der Waals surface area contributed by atoms with E-state index in [4.69, 9.17) is 0 Å². The summed E-state index contributed by atoms with van der Waals surface area (Å²) in [4.78, 5) is 26.5. The van der Waals surface area contributed by atoms with E-state index in [0.717, 1.165) is 17.7 Å². The highest BCUT2D eigenvalue weighted by Crippen LogP contribution is 2.23. The van der Waals surface area contributed by atoms with Crippen LogP contribution >= 0.6 is 0 Å². The Bertz CT molecular complexity index is 818. The van der Waals surface area contributed by atoms with E-state index in [-0.39, 0.29) is 30.0 Å². The van der Waals surface area contributed by atoms with E-state index in [2.05, 4.69) is 19.2 Å². The van der Waals surface area contributed by atoms with Gasteiger partial charge < -0.3 is 10.2 Å². The van der Waals surface area contributed by atoms with Crippen molar-refractivity contribution in [1.29, 1.82) is 0 Å². The molecule has 2 aromatic carbocycles. The molecule has 0 unspecified atom stereocenters. The van der Waals surface area contributed by atoms with Gasteiger partial charge in [-0.1, -0.05) is 38.1 Å². The molecule has 1 aliphatic rings. The summed E-state index contributed by atoms with van der Waals surface area (Å²) in [6.07, 6.45) is 1.96. The molecular weight excluding hydrogens is 355 g/mol. The number of nitrogens with zero attached hydrogens (tertiary/aromatic N) is 1. The first kappa shape index (κ1) is 20.1. The highest BCUT2D eigenvalue weighted by atomic mass is 19.1. The fraction of sp³-hybridized carbons (Fsp3) is 0.391. The molecule has 1 fully saturated rings. The quantitative estimate of drug-likeness (QED) is 0.773. The molecule has 1 N–H and O–H groups in total. The van der Waals surface area contributed by atoms with E-state index in [9.17, 15) is 14.0 Å². The van der Waals surface area contributed by atoms with Crippen molar-refractivity contribution < 1.29 is 14.0 Å². The van der Waals surface area contributed by atoms with Crippen LogP contribution in [0.25, 0.3) is 0 Å². The number of rotatable bonds is 7. The molecule has 0 saturated carbocycles. The molecule has 0 bridgehead atoms. The van der Waals surface area contributed by atoms with E-state index in [1.54, 1.807) is 17.0 Å². The molecule has 0 spiro atoms. The first-order valence-electron chi connectivity index (χ1n) is 9.89. The normalized spacial score (nSPS) is 17.6. The van der Waals surface area contributed by atoms with E-state index in [0.29, 0.717) is 25.4 Å². The third-order valence-electron chi connectivity index (χ3n) is 5.53. The number of halogens is 1. The van der Waals surface area contributed by atoms with Gasteiger partial charge >= 0.3 is 0 Å². The van der Waals surface area contributed by atoms with Crippen molar-refractivity contribution in [3.63, 3.8) is 0 Å². The minimum atomic E-state index is -0.338. The van der Waals surface area contributed by atoms with Gasteiger partial charge in [0.2, 0.25) is 11.8 Å². The summed E-state index contributed by atoms with van der Waals surface area (Å²) in [5.41, 5.74) is 2.99. The fourth-order valence-electron chi connectivity index (χ4n) is 3.45. The van der Waals surface area contributed by atoms with Crippen LogP contribution in [0.5, 0.6) is 0 Å². The monoisotopic (exact) mass is 382 g/mol. The SMILES string of the molecule is CC[C@@H](C)c1ccc(NC(=O)[C@H]2CC(=O)N(CCc3ccc(F)cc3)C2)cc1. The third-order valence-corrected chi connectivity index (χ3v) is 5.53. The van der Waals surface area contributed by atoms with E-state index < -0.39 is 0 Å². The van der Waals surface area contributed by atoms with Gasteiger partial charge in [0.25, 0.3) is 0 Å². The predicted octanol–water partition coefficient (Wildman–Crippen LogP) is 4.37. The molecule has 2 atom stereocenters. The highest BCUT2D eigenvalue weighted by molar-refractivity contribution is 5.97. The molecule has 1 aliphatic heterocycles. The zero-order valence-corrected chi connectivity index (χ0v) is 16.5. The summed E-state index contributed by atoms with van der Waals surface area (Å²) in [5, 5.41) is 2.93. The summed E-state index contributed by atoms with van der Waals surface area (Å²) in [7, 11) is 0. The molecule has 28 heavy (non-hydrogen) atoms. The van der Waals surface area contributed by atoms with Crippen molar-refractivity contribution in [3.05, 3.63) is 65.5 Å². The number of carbonyl (C=O) groups excluding carboxylic acids is 2.